The van der Waals surface area contributed by atoms with E-state index in [1.165, 1.54) is 81.9 Å². The molecule has 0 bridgehead atoms. The van der Waals surface area contributed by atoms with Gasteiger partial charge in [-0.25, -0.2) is 4.58 Å². The van der Waals surface area contributed by atoms with E-state index in [0.29, 0.717) is 6.54 Å². The van der Waals surface area contributed by atoms with E-state index in [1.54, 1.807) is 5.56 Å². The van der Waals surface area contributed by atoms with Crippen molar-refractivity contribution in [2.75, 3.05) is 33.3 Å². The van der Waals surface area contributed by atoms with Gasteiger partial charge in [0.15, 0.2) is 0 Å². The molecule has 0 amide bonds. The number of aliphatic hydroxyl groups is 1. The highest BCUT2D eigenvalue weighted by Crippen LogP contribution is 2.44. The first kappa shape index (κ1) is 36.8. The fourth-order valence-corrected chi connectivity index (χ4v) is 8.07. The Balaban J connectivity index is 0.000000790. The van der Waals surface area contributed by atoms with Crippen molar-refractivity contribution in [1.82, 2.24) is 9.89 Å². The van der Waals surface area contributed by atoms with Crippen LogP contribution in [0.2, 0.25) is 0 Å². The van der Waals surface area contributed by atoms with Crippen LogP contribution in [-0.4, -0.2) is 38.4 Å². The summed E-state index contributed by atoms with van der Waals surface area (Å²) in [5.41, 5.74) is 19.7. The lowest BCUT2D eigenvalue weighted by Gasteiger charge is -2.30. The molecule has 2 aliphatic carbocycles. The van der Waals surface area contributed by atoms with E-state index in [9.17, 15) is 5.11 Å². The Morgan fingerprint density at radius 3 is 2.45 bits per heavy atom. The topological polar surface area (TPSA) is 70.5 Å². The first-order valence-electron chi connectivity index (χ1n) is 18.9. The highest BCUT2D eigenvalue weighted by Gasteiger charge is 2.34. The van der Waals surface area contributed by atoms with E-state index in [0.717, 1.165) is 74.9 Å². The molecule has 0 spiro atoms. The lowest BCUT2D eigenvalue weighted by molar-refractivity contribution is 0.149. The fourth-order valence-electron chi connectivity index (χ4n) is 8.07. The number of hydrogen-bond acceptors (Lipinski definition) is 4. The van der Waals surface area contributed by atoms with Crippen molar-refractivity contribution >= 4 is 5.57 Å². The number of nitrogens with one attached hydrogen (secondary N) is 1. The van der Waals surface area contributed by atoms with Crippen molar-refractivity contribution < 1.29 is 9.84 Å². The van der Waals surface area contributed by atoms with Crippen LogP contribution in [0, 0.1) is 0 Å². The number of aryl methyl sites for hydroxylation is 1. The van der Waals surface area contributed by atoms with Crippen molar-refractivity contribution in [2.45, 2.75) is 118 Å². The summed E-state index contributed by atoms with van der Waals surface area (Å²) in [5.74, 6) is 1.13. The average molecular weight is 641 g/mol. The van der Waals surface area contributed by atoms with Gasteiger partial charge in [-0.15, -0.1) is 0 Å². The predicted octanol–water partition coefficient (Wildman–Crippen LogP) is 6.93. The largest absolute Gasteiger partial charge is 0.493 e. The molecule has 1 fully saturated rings. The second kappa shape index (κ2) is 18.0. The molecule has 4 N–H and O–H groups in total. The number of nitrogens with zero attached hydrogens (tertiary/aromatic N) is 1. The van der Waals surface area contributed by atoms with Gasteiger partial charge in [-0.1, -0.05) is 71.9 Å². The quantitative estimate of drug-likeness (QED) is 0.237. The van der Waals surface area contributed by atoms with Crippen LogP contribution in [0.3, 0.4) is 0 Å². The van der Waals surface area contributed by atoms with Gasteiger partial charge in [-0.05, 0) is 122 Å². The van der Waals surface area contributed by atoms with E-state index in [-0.39, 0.29) is 0 Å². The van der Waals surface area contributed by atoms with Crippen LogP contribution >= 0.6 is 0 Å². The molecule has 3 aliphatic heterocycles. The minimum atomic E-state index is -0.729. The van der Waals surface area contributed by atoms with Crippen molar-refractivity contribution in [1.29, 1.82) is 0 Å². The number of aliphatic hydroxyl groups excluding tert-OH is 1. The van der Waals surface area contributed by atoms with E-state index in [1.807, 2.05) is 54.7 Å². The second-order valence-electron chi connectivity index (χ2n) is 12.3. The molecule has 5 aliphatic rings. The normalized spacial score (nSPS) is 18.4. The van der Waals surface area contributed by atoms with Crippen molar-refractivity contribution in [3.05, 3.63) is 103 Å². The van der Waals surface area contributed by atoms with Crippen LogP contribution in [0.15, 0.2) is 64.5 Å². The molecule has 7 rings (SSSR count). The first-order chi connectivity index (χ1) is 23.2. The van der Waals surface area contributed by atoms with Gasteiger partial charge < -0.3 is 15.6 Å². The highest BCUT2D eigenvalue weighted by atomic mass is 16.5. The first-order valence-corrected chi connectivity index (χ1v) is 18.9. The highest BCUT2D eigenvalue weighted by molar-refractivity contribution is 5.86. The van der Waals surface area contributed by atoms with E-state index < -0.39 is 6.23 Å². The van der Waals surface area contributed by atoms with Gasteiger partial charge in [0.05, 0.1) is 6.61 Å². The van der Waals surface area contributed by atoms with Crippen molar-refractivity contribution in [3.8, 4) is 0 Å². The minimum Gasteiger partial charge on any atom is -0.493 e. The van der Waals surface area contributed by atoms with E-state index in [4.69, 9.17) is 10.5 Å². The maximum absolute atomic E-state index is 11.1. The SMILES string of the molecule is CC.CC.CC.CNC(O)c1ccccc1C1=c2cc3c4c(c2CC2=C1CC=C1CCCOC1=C2CCCN)CCC[N+]=4CCCC3. The van der Waals surface area contributed by atoms with Gasteiger partial charge in [0.2, 0.25) is 5.36 Å². The minimum absolute atomic E-state index is 0.677. The molecule has 0 aromatic heterocycles. The van der Waals surface area contributed by atoms with Crippen LogP contribution in [0.25, 0.3) is 5.57 Å². The smallest absolute Gasteiger partial charge is 0.206 e. The molecular weight excluding hydrogens is 578 g/mol. The van der Waals surface area contributed by atoms with Crippen LogP contribution in [0.4, 0.5) is 0 Å². The molecule has 1 atom stereocenters. The summed E-state index contributed by atoms with van der Waals surface area (Å²) in [4.78, 5) is 0. The summed E-state index contributed by atoms with van der Waals surface area (Å²) in [6, 6.07) is 11.0. The summed E-state index contributed by atoms with van der Waals surface area (Å²) in [5, 5.41) is 17.2. The third kappa shape index (κ3) is 7.38. The van der Waals surface area contributed by atoms with Crippen LogP contribution < -0.4 is 26.2 Å². The number of hydrogen-bond donors (Lipinski definition) is 3. The average Bonchev–Trinajstić information content (AvgIpc) is 3.45. The Hall–Kier alpha value is -2.99. The van der Waals surface area contributed by atoms with Crippen molar-refractivity contribution in [3.63, 3.8) is 0 Å². The molecule has 5 nitrogen and oxygen atoms in total. The zero-order valence-corrected chi connectivity index (χ0v) is 30.5. The molecule has 3 heterocycles. The van der Waals surface area contributed by atoms with Crippen LogP contribution in [0.1, 0.15) is 127 Å². The Labute approximate surface area is 285 Å². The second-order valence-corrected chi connectivity index (χ2v) is 12.3. The fraction of sp³-hybridized carbons (Fsp3) is 0.548. The summed E-state index contributed by atoms with van der Waals surface area (Å²) in [7, 11) is 1.83. The van der Waals surface area contributed by atoms with Crippen LogP contribution in [0.5, 0.6) is 0 Å². The van der Waals surface area contributed by atoms with E-state index in [2.05, 4.69) is 40.2 Å². The summed E-state index contributed by atoms with van der Waals surface area (Å²) >= 11 is 0. The molecule has 47 heavy (non-hydrogen) atoms. The summed E-state index contributed by atoms with van der Waals surface area (Å²) in [6.07, 6.45) is 13.6. The Morgan fingerprint density at radius 2 is 1.68 bits per heavy atom. The van der Waals surface area contributed by atoms with Gasteiger partial charge in [0.25, 0.3) is 0 Å². The number of fused-ring (bicyclic) bond motifs is 3. The molecular formula is C42H62N3O2+. The lowest BCUT2D eigenvalue weighted by atomic mass is 9.75. The molecule has 2 aromatic rings. The third-order valence-corrected chi connectivity index (χ3v) is 9.93. The Bertz CT molecular complexity index is 1610. The molecule has 5 heteroatoms. The zero-order valence-electron chi connectivity index (χ0n) is 30.5. The number of benzene rings is 2. The van der Waals surface area contributed by atoms with Gasteiger partial charge in [-0.2, -0.15) is 0 Å². The number of nitrogens with two attached hydrogens (primary N) is 1. The number of ether oxygens (including phenoxy) is 1. The molecule has 2 aromatic carbocycles. The lowest BCUT2D eigenvalue weighted by Crippen LogP contribution is -2.43. The van der Waals surface area contributed by atoms with E-state index >= 15 is 0 Å². The monoisotopic (exact) mass is 640 g/mol. The van der Waals surface area contributed by atoms with Gasteiger partial charge >= 0.3 is 0 Å². The molecule has 0 saturated carbocycles. The molecule has 256 valence electrons. The summed E-state index contributed by atoms with van der Waals surface area (Å²) in [6.45, 7) is 15.8. The Morgan fingerprint density at radius 1 is 0.915 bits per heavy atom. The Kier molecular flexibility index (Phi) is 14.1. The maximum atomic E-state index is 11.1. The van der Waals surface area contributed by atoms with Gasteiger partial charge in [0.1, 0.15) is 25.1 Å². The number of rotatable bonds is 6. The summed E-state index contributed by atoms with van der Waals surface area (Å²) < 4.78 is 9.18. The third-order valence-electron chi connectivity index (χ3n) is 9.93. The van der Waals surface area contributed by atoms with Gasteiger partial charge in [0, 0.05) is 29.5 Å². The van der Waals surface area contributed by atoms with Crippen molar-refractivity contribution in [2.24, 2.45) is 5.73 Å². The molecule has 0 radical (unpaired) electrons. The molecule has 1 unspecified atom stereocenters. The molecule has 1 saturated heterocycles. The van der Waals surface area contributed by atoms with Crippen LogP contribution in [-0.2, 0) is 24.0 Å². The maximum Gasteiger partial charge on any atom is 0.206 e. The predicted molar refractivity (Wildman–Crippen MR) is 199 cm³/mol. The zero-order chi connectivity index (χ0) is 33.9. The standard InChI is InChI=1S/C36H44N3O2.3C2H6/c1-38-36(40)29-12-3-2-11-25(29)33-26-16-15-23-10-8-20-41-35(23)28(13-6-17-37)30(26)22-31-27-14-7-19-39-18-5-4-9-24(34(27)39)21-32(31)33;3*1-2/h2-3,11-12,15,21,36,38,40H,4-10,13-14,16-20,22,37H2,1H3;3*1-2H3/q+1;;;. The van der Waals surface area contributed by atoms with Gasteiger partial charge in [-0.3, -0.25) is 5.32 Å². The number of allylic oxidation sites excluding steroid dienone is 5.